The van der Waals surface area contributed by atoms with Crippen LogP contribution in [0.3, 0.4) is 0 Å². The topological polar surface area (TPSA) is 80.6 Å². The van der Waals surface area contributed by atoms with Crippen molar-refractivity contribution in [2.75, 3.05) is 18.9 Å². The number of carbonyl (C=O) groups excluding carboxylic acids is 1. The van der Waals surface area contributed by atoms with Crippen LogP contribution < -0.4 is 11.1 Å². The molecule has 126 valence electrons. The number of nitrogens with one attached hydrogen (secondary N) is 1. The van der Waals surface area contributed by atoms with Crippen LogP contribution in [0.15, 0.2) is 44.0 Å². The molecule has 3 aromatic rings. The molecule has 7 nitrogen and oxygen atoms in total. The molecule has 1 amide bonds. The van der Waals surface area contributed by atoms with E-state index >= 15 is 0 Å². The van der Waals surface area contributed by atoms with E-state index in [1.807, 2.05) is 19.1 Å². The Balaban J connectivity index is 1.63. The Morgan fingerprint density at radius 1 is 1.25 bits per heavy atom. The molecule has 0 radical (unpaired) electrons. The molecule has 1 N–H and O–H groups in total. The van der Waals surface area contributed by atoms with E-state index in [4.69, 9.17) is 8.83 Å². The number of nitrogens with zero attached hydrogens (tertiary/aromatic N) is 2. The number of rotatable bonds is 5. The van der Waals surface area contributed by atoms with Crippen molar-refractivity contribution in [2.45, 2.75) is 13.5 Å². The fourth-order valence-corrected chi connectivity index (χ4v) is 2.44. The third kappa shape index (κ3) is 3.19. The number of furan rings is 1. The van der Waals surface area contributed by atoms with Crippen molar-refractivity contribution >= 4 is 22.7 Å². The maximum absolute atomic E-state index is 12.2. The summed E-state index contributed by atoms with van der Waals surface area (Å²) in [7, 11) is 3.37. The summed E-state index contributed by atoms with van der Waals surface area (Å²) >= 11 is 0. The SMILES string of the molecule is Cc1ccc(CN(C)C(=O)CNc2ccc3oc(=O)n(C)c3c2)o1. The molecule has 1 aromatic carbocycles. The Bertz CT molecular complexity index is 935. The van der Waals surface area contributed by atoms with Gasteiger partial charge in [-0.05, 0) is 37.3 Å². The Labute approximate surface area is 138 Å². The quantitative estimate of drug-likeness (QED) is 0.775. The monoisotopic (exact) mass is 329 g/mol. The second-order valence-electron chi connectivity index (χ2n) is 5.73. The number of amides is 1. The summed E-state index contributed by atoms with van der Waals surface area (Å²) in [5.74, 6) is 1.10. The second kappa shape index (κ2) is 6.27. The Hall–Kier alpha value is -2.96. The van der Waals surface area contributed by atoms with Crippen LogP contribution in [0.2, 0.25) is 0 Å². The molecule has 0 unspecified atom stereocenters. The second-order valence-corrected chi connectivity index (χ2v) is 5.73. The lowest BCUT2D eigenvalue weighted by Gasteiger charge is -2.16. The Morgan fingerprint density at radius 2 is 2.04 bits per heavy atom. The number of carbonyl (C=O) groups is 1. The number of hydrogen-bond donors (Lipinski definition) is 1. The van der Waals surface area contributed by atoms with Crippen LogP contribution in [0.5, 0.6) is 0 Å². The minimum absolute atomic E-state index is 0.0646. The molecule has 0 fully saturated rings. The zero-order chi connectivity index (χ0) is 17.3. The van der Waals surface area contributed by atoms with Gasteiger partial charge in [-0.1, -0.05) is 0 Å². The third-order valence-electron chi connectivity index (χ3n) is 3.85. The van der Waals surface area contributed by atoms with Crippen LogP contribution >= 0.6 is 0 Å². The number of anilines is 1. The summed E-state index contributed by atoms with van der Waals surface area (Å²) in [4.78, 5) is 25.3. The van der Waals surface area contributed by atoms with Crippen LogP contribution in [0.1, 0.15) is 11.5 Å². The molecule has 0 saturated carbocycles. The number of aryl methyl sites for hydroxylation is 2. The molecule has 0 atom stereocenters. The first-order valence-corrected chi connectivity index (χ1v) is 7.57. The number of fused-ring (bicyclic) bond motifs is 1. The van der Waals surface area contributed by atoms with E-state index in [9.17, 15) is 9.59 Å². The summed E-state index contributed by atoms with van der Waals surface area (Å²) in [6.45, 7) is 2.43. The lowest BCUT2D eigenvalue weighted by atomic mass is 10.3. The predicted octanol–water partition coefficient (Wildman–Crippen LogP) is 2.10. The summed E-state index contributed by atoms with van der Waals surface area (Å²) in [6.07, 6.45) is 0. The highest BCUT2D eigenvalue weighted by molar-refractivity contribution is 5.82. The van der Waals surface area contributed by atoms with Gasteiger partial charge in [0.05, 0.1) is 18.6 Å². The minimum Gasteiger partial charge on any atom is -0.464 e. The number of hydrogen-bond acceptors (Lipinski definition) is 5. The van der Waals surface area contributed by atoms with Gasteiger partial charge in [-0.2, -0.15) is 0 Å². The van der Waals surface area contributed by atoms with E-state index in [1.54, 1.807) is 37.2 Å². The molecule has 24 heavy (non-hydrogen) atoms. The van der Waals surface area contributed by atoms with Gasteiger partial charge < -0.3 is 19.1 Å². The molecule has 0 bridgehead atoms. The molecule has 7 heteroatoms. The van der Waals surface area contributed by atoms with Crippen molar-refractivity contribution < 1.29 is 13.6 Å². The molecule has 2 aromatic heterocycles. The van der Waals surface area contributed by atoms with Crippen LogP contribution in [0, 0.1) is 6.92 Å². The Morgan fingerprint density at radius 3 is 2.75 bits per heavy atom. The molecule has 3 rings (SSSR count). The zero-order valence-electron chi connectivity index (χ0n) is 13.8. The lowest BCUT2D eigenvalue weighted by Crippen LogP contribution is -2.31. The molecular weight excluding hydrogens is 310 g/mol. The standard InChI is InChI=1S/C17H19N3O4/c1-11-4-6-13(23-11)10-19(2)16(21)9-18-12-5-7-15-14(8-12)20(3)17(22)24-15/h4-8,18H,9-10H2,1-3H3. The van der Waals surface area contributed by atoms with Gasteiger partial charge in [0.25, 0.3) is 0 Å². The van der Waals surface area contributed by atoms with Gasteiger partial charge in [-0.25, -0.2) is 4.79 Å². The Kier molecular flexibility index (Phi) is 4.16. The molecule has 0 aliphatic heterocycles. The van der Waals surface area contributed by atoms with Gasteiger partial charge in [0.2, 0.25) is 5.91 Å². The number of oxazole rings is 1. The van der Waals surface area contributed by atoms with E-state index in [0.29, 0.717) is 17.6 Å². The van der Waals surface area contributed by atoms with Crippen LogP contribution in [-0.4, -0.2) is 29.0 Å². The van der Waals surface area contributed by atoms with Crippen LogP contribution in [0.4, 0.5) is 5.69 Å². The first-order valence-electron chi connectivity index (χ1n) is 7.57. The zero-order valence-corrected chi connectivity index (χ0v) is 13.8. The maximum Gasteiger partial charge on any atom is 0.419 e. The summed E-state index contributed by atoms with van der Waals surface area (Å²) in [5, 5.41) is 3.07. The van der Waals surface area contributed by atoms with Gasteiger partial charge in [0.15, 0.2) is 5.58 Å². The highest BCUT2D eigenvalue weighted by Gasteiger charge is 2.12. The summed E-state index contributed by atoms with van der Waals surface area (Å²) < 4.78 is 12.0. The van der Waals surface area contributed by atoms with E-state index in [2.05, 4.69) is 5.32 Å². The van der Waals surface area contributed by atoms with Crippen molar-refractivity contribution in [2.24, 2.45) is 7.05 Å². The van der Waals surface area contributed by atoms with Crippen molar-refractivity contribution in [3.63, 3.8) is 0 Å². The number of likely N-dealkylation sites (N-methyl/N-ethyl adjacent to an activating group) is 1. The highest BCUT2D eigenvalue weighted by Crippen LogP contribution is 2.17. The predicted molar refractivity (Wildman–Crippen MR) is 89.9 cm³/mol. The van der Waals surface area contributed by atoms with Crippen molar-refractivity contribution in [1.29, 1.82) is 0 Å². The average molecular weight is 329 g/mol. The number of benzene rings is 1. The molecular formula is C17H19N3O4. The fourth-order valence-electron chi connectivity index (χ4n) is 2.44. The van der Waals surface area contributed by atoms with Gasteiger partial charge in [-0.15, -0.1) is 0 Å². The van der Waals surface area contributed by atoms with Crippen molar-refractivity contribution in [1.82, 2.24) is 9.47 Å². The average Bonchev–Trinajstić information content (AvgIpc) is 3.09. The minimum atomic E-state index is -0.410. The van der Waals surface area contributed by atoms with Crippen LogP contribution in [-0.2, 0) is 18.4 Å². The van der Waals surface area contributed by atoms with Gasteiger partial charge in [-0.3, -0.25) is 9.36 Å². The van der Waals surface area contributed by atoms with E-state index in [0.717, 1.165) is 17.2 Å². The fraction of sp³-hybridized carbons (Fsp3) is 0.294. The molecule has 2 heterocycles. The smallest absolute Gasteiger partial charge is 0.419 e. The summed E-state index contributed by atoms with van der Waals surface area (Å²) in [6, 6.07) is 8.99. The van der Waals surface area contributed by atoms with Gasteiger partial charge in [0.1, 0.15) is 11.5 Å². The largest absolute Gasteiger partial charge is 0.464 e. The van der Waals surface area contributed by atoms with Gasteiger partial charge >= 0.3 is 5.76 Å². The van der Waals surface area contributed by atoms with E-state index in [1.165, 1.54) is 4.57 Å². The lowest BCUT2D eigenvalue weighted by molar-refractivity contribution is -0.128. The third-order valence-corrected chi connectivity index (χ3v) is 3.85. The van der Waals surface area contributed by atoms with E-state index < -0.39 is 5.76 Å². The van der Waals surface area contributed by atoms with E-state index in [-0.39, 0.29) is 12.5 Å². The van der Waals surface area contributed by atoms with Gasteiger partial charge in [0, 0.05) is 19.8 Å². The molecule has 0 aliphatic carbocycles. The normalized spacial score (nSPS) is 11.0. The highest BCUT2D eigenvalue weighted by atomic mass is 16.4. The molecule has 0 spiro atoms. The first-order chi connectivity index (χ1) is 11.4. The van der Waals surface area contributed by atoms with Crippen molar-refractivity contribution in [3.05, 3.63) is 52.4 Å². The molecule has 0 saturated heterocycles. The molecule has 0 aliphatic rings. The van der Waals surface area contributed by atoms with Crippen molar-refractivity contribution in [3.8, 4) is 0 Å². The van der Waals surface area contributed by atoms with Crippen LogP contribution in [0.25, 0.3) is 11.1 Å². The summed E-state index contributed by atoms with van der Waals surface area (Å²) in [5.41, 5.74) is 1.94. The maximum atomic E-state index is 12.2. The first kappa shape index (κ1) is 15.9. The number of aromatic nitrogens is 1.